The molecule has 0 spiro atoms. The molecular formula is C22H25ClN2O4. The molecule has 3 aromatic rings. The molecule has 6 nitrogen and oxygen atoms in total. The van der Waals surface area contributed by atoms with Gasteiger partial charge in [0.25, 0.3) is 5.91 Å². The number of ether oxygens (including phenoxy) is 2. The number of rotatable bonds is 9. The van der Waals surface area contributed by atoms with Crippen LogP contribution in [0.15, 0.2) is 65.3 Å². The summed E-state index contributed by atoms with van der Waals surface area (Å²) in [7, 11) is 1.58. The largest absolute Gasteiger partial charge is 0.493 e. The van der Waals surface area contributed by atoms with Gasteiger partial charge in [0.15, 0.2) is 18.1 Å². The second kappa shape index (κ2) is 11.1. The number of benzene rings is 2. The summed E-state index contributed by atoms with van der Waals surface area (Å²) in [6.45, 7) is 3.20. The molecule has 1 heterocycles. The minimum atomic E-state index is -0.227. The van der Waals surface area contributed by atoms with Crippen LogP contribution < -0.4 is 20.1 Å². The Hall–Kier alpha value is -2.96. The fourth-order valence-corrected chi connectivity index (χ4v) is 2.66. The predicted octanol–water partition coefficient (Wildman–Crippen LogP) is 4.33. The van der Waals surface area contributed by atoms with Crippen LogP contribution in [-0.4, -0.2) is 19.6 Å². The number of amides is 1. The van der Waals surface area contributed by atoms with Gasteiger partial charge in [-0.3, -0.25) is 4.79 Å². The number of halogens is 1. The van der Waals surface area contributed by atoms with E-state index in [1.54, 1.807) is 13.4 Å². The maximum atomic E-state index is 12.1. The molecule has 2 N–H and O–H groups in total. The highest BCUT2D eigenvalue weighted by Crippen LogP contribution is 2.28. The summed E-state index contributed by atoms with van der Waals surface area (Å²) < 4.78 is 16.3. The first-order valence-electron chi connectivity index (χ1n) is 9.03. The Kier molecular flexibility index (Phi) is 8.58. The van der Waals surface area contributed by atoms with Crippen molar-refractivity contribution in [2.24, 2.45) is 0 Å². The van der Waals surface area contributed by atoms with Crippen LogP contribution in [0, 0.1) is 6.92 Å². The Morgan fingerprint density at radius 2 is 1.83 bits per heavy atom. The van der Waals surface area contributed by atoms with Crippen molar-refractivity contribution in [3.05, 3.63) is 77.7 Å². The van der Waals surface area contributed by atoms with Gasteiger partial charge >= 0.3 is 0 Å². The van der Waals surface area contributed by atoms with Crippen molar-refractivity contribution >= 4 is 24.0 Å². The monoisotopic (exact) mass is 416 g/mol. The normalized spacial score (nSPS) is 10.1. The maximum absolute atomic E-state index is 12.1. The summed E-state index contributed by atoms with van der Waals surface area (Å²) in [6, 6.07) is 17.0. The zero-order valence-corrected chi connectivity index (χ0v) is 17.3. The lowest BCUT2D eigenvalue weighted by molar-refractivity contribution is -0.118. The van der Waals surface area contributed by atoms with Crippen LogP contribution in [0.1, 0.15) is 16.9 Å². The van der Waals surface area contributed by atoms with Gasteiger partial charge in [-0.1, -0.05) is 23.8 Å². The first kappa shape index (κ1) is 22.3. The average molecular weight is 417 g/mol. The van der Waals surface area contributed by atoms with E-state index in [0.717, 1.165) is 22.6 Å². The van der Waals surface area contributed by atoms with Crippen molar-refractivity contribution in [2.45, 2.75) is 20.0 Å². The van der Waals surface area contributed by atoms with Crippen molar-refractivity contribution < 1.29 is 18.7 Å². The van der Waals surface area contributed by atoms with Crippen molar-refractivity contribution in [1.82, 2.24) is 5.32 Å². The number of nitrogens with one attached hydrogen (secondary N) is 2. The highest BCUT2D eigenvalue weighted by Gasteiger charge is 2.09. The van der Waals surface area contributed by atoms with Gasteiger partial charge in [0, 0.05) is 12.2 Å². The Morgan fingerprint density at radius 3 is 2.52 bits per heavy atom. The minimum Gasteiger partial charge on any atom is -0.493 e. The van der Waals surface area contributed by atoms with Crippen molar-refractivity contribution in [3.8, 4) is 11.5 Å². The first-order valence-corrected chi connectivity index (χ1v) is 9.03. The van der Waals surface area contributed by atoms with E-state index in [1.807, 2.05) is 61.5 Å². The molecule has 0 bridgehead atoms. The highest BCUT2D eigenvalue weighted by molar-refractivity contribution is 5.91. The summed E-state index contributed by atoms with van der Waals surface area (Å²) in [6.07, 6.45) is 1.65. The van der Waals surface area contributed by atoms with Crippen LogP contribution in [-0.2, 0) is 17.9 Å². The Labute approximate surface area is 176 Å². The molecule has 0 saturated carbocycles. The molecular weight excluding hydrogens is 392 g/mol. The third kappa shape index (κ3) is 6.85. The van der Waals surface area contributed by atoms with Crippen LogP contribution in [0.25, 0.3) is 0 Å². The van der Waals surface area contributed by atoms with Gasteiger partial charge in [-0.05, 0) is 48.9 Å². The molecule has 0 saturated heterocycles. The first-order chi connectivity index (χ1) is 13.6. The number of furan rings is 1. The lowest BCUT2D eigenvalue weighted by Gasteiger charge is -2.13. The molecule has 0 unspecified atom stereocenters. The molecule has 154 valence electrons. The van der Waals surface area contributed by atoms with Gasteiger partial charge in [0.2, 0.25) is 0 Å². The van der Waals surface area contributed by atoms with Gasteiger partial charge in [-0.15, -0.1) is 12.4 Å². The SMILES string of the molecule is COc1cc(CNCc2ccco2)ccc1OCC(=O)Nc1ccc(C)cc1.Cl. The summed E-state index contributed by atoms with van der Waals surface area (Å²) in [4.78, 5) is 12.1. The maximum Gasteiger partial charge on any atom is 0.262 e. The summed E-state index contributed by atoms with van der Waals surface area (Å²) in [5, 5.41) is 6.11. The van der Waals surface area contributed by atoms with E-state index in [-0.39, 0.29) is 24.9 Å². The summed E-state index contributed by atoms with van der Waals surface area (Å²) >= 11 is 0. The van der Waals surface area contributed by atoms with Crippen molar-refractivity contribution in [2.75, 3.05) is 19.0 Å². The zero-order valence-electron chi connectivity index (χ0n) is 16.4. The fraction of sp³-hybridized carbons (Fsp3) is 0.227. The van der Waals surface area contributed by atoms with E-state index in [0.29, 0.717) is 24.6 Å². The number of hydrogen-bond acceptors (Lipinski definition) is 5. The van der Waals surface area contributed by atoms with Gasteiger partial charge in [-0.2, -0.15) is 0 Å². The lowest BCUT2D eigenvalue weighted by Crippen LogP contribution is -2.20. The van der Waals surface area contributed by atoms with Crippen LogP contribution in [0.3, 0.4) is 0 Å². The third-order valence-electron chi connectivity index (χ3n) is 4.13. The van der Waals surface area contributed by atoms with E-state index in [9.17, 15) is 4.79 Å². The highest BCUT2D eigenvalue weighted by atomic mass is 35.5. The molecule has 1 aromatic heterocycles. The second-order valence-corrected chi connectivity index (χ2v) is 6.37. The van der Waals surface area contributed by atoms with Crippen LogP contribution in [0.4, 0.5) is 5.69 Å². The van der Waals surface area contributed by atoms with E-state index < -0.39 is 0 Å². The molecule has 0 aliphatic rings. The number of anilines is 1. The molecule has 3 rings (SSSR count). The van der Waals surface area contributed by atoms with E-state index in [1.165, 1.54) is 0 Å². The van der Waals surface area contributed by atoms with Gasteiger partial charge < -0.3 is 24.5 Å². The van der Waals surface area contributed by atoms with Gasteiger partial charge in [0.05, 0.1) is 19.9 Å². The van der Waals surface area contributed by atoms with Gasteiger partial charge in [-0.25, -0.2) is 0 Å². The Balaban J connectivity index is 0.00000300. The standard InChI is InChI=1S/C22H24N2O4.ClH/c1-16-5-8-18(9-6-16)24-22(25)15-28-20-10-7-17(12-21(20)26-2)13-23-14-19-4-3-11-27-19;/h3-12,23H,13-15H2,1-2H3,(H,24,25);1H. The molecule has 0 aliphatic carbocycles. The van der Waals surface area contributed by atoms with Crippen LogP contribution in [0.5, 0.6) is 11.5 Å². The predicted molar refractivity (Wildman–Crippen MR) is 115 cm³/mol. The van der Waals surface area contributed by atoms with Crippen molar-refractivity contribution in [1.29, 1.82) is 0 Å². The molecule has 7 heteroatoms. The molecule has 0 atom stereocenters. The third-order valence-corrected chi connectivity index (χ3v) is 4.13. The van der Waals surface area contributed by atoms with E-state index in [2.05, 4.69) is 10.6 Å². The minimum absolute atomic E-state index is 0. The average Bonchev–Trinajstić information content (AvgIpc) is 3.22. The molecule has 29 heavy (non-hydrogen) atoms. The number of methoxy groups -OCH3 is 1. The number of aryl methyl sites for hydroxylation is 1. The Morgan fingerprint density at radius 1 is 1.03 bits per heavy atom. The van der Waals surface area contributed by atoms with Gasteiger partial charge in [0.1, 0.15) is 5.76 Å². The summed E-state index contributed by atoms with van der Waals surface area (Å²) in [5.74, 6) is 1.76. The Bertz CT molecular complexity index is 896. The molecule has 1 amide bonds. The number of hydrogen-bond donors (Lipinski definition) is 2. The number of carbonyl (C=O) groups is 1. The zero-order chi connectivity index (χ0) is 19.8. The van der Waals surface area contributed by atoms with E-state index in [4.69, 9.17) is 13.9 Å². The second-order valence-electron chi connectivity index (χ2n) is 6.37. The van der Waals surface area contributed by atoms with Crippen LogP contribution in [0.2, 0.25) is 0 Å². The molecule has 0 radical (unpaired) electrons. The van der Waals surface area contributed by atoms with E-state index >= 15 is 0 Å². The quantitative estimate of drug-likeness (QED) is 0.543. The topological polar surface area (TPSA) is 72.7 Å². The fourth-order valence-electron chi connectivity index (χ4n) is 2.66. The molecule has 0 aliphatic heterocycles. The summed E-state index contributed by atoms with van der Waals surface area (Å²) in [5.41, 5.74) is 2.92. The lowest BCUT2D eigenvalue weighted by atomic mass is 10.2. The number of carbonyl (C=O) groups excluding carboxylic acids is 1. The smallest absolute Gasteiger partial charge is 0.262 e. The van der Waals surface area contributed by atoms with Crippen LogP contribution >= 0.6 is 12.4 Å². The molecule has 0 fully saturated rings. The van der Waals surface area contributed by atoms with Crippen molar-refractivity contribution in [3.63, 3.8) is 0 Å². The molecule has 2 aromatic carbocycles.